The number of aryl methyl sites for hydroxylation is 1. The standard InChI is InChI=1S/C22H20N2O2/c1-14-12-23-21(24-13-14)17-10-8-16(9-11-17)19-18(20(19)22(25)26-2)15-6-4-3-5-7-15/h3-13,18-20H,1-2H3. The SMILES string of the molecule is COC(=O)C1C(c2ccccc2)C1c1ccc(-c2ncc(C)cn2)cc1. The van der Waals surface area contributed by atoms with Crippen molar-refractivity contribution in [1.82, 2.24) is 9.97 Å². The lowest BCUT2D eigenvalue weighted by atomic mass is 10.0. The first-order valence-corrected chi connectivity index (χ1v) is 8.71. The van der Waals surface area contributed by atoms with Crippen LogP contribution in [0.15, 0.2) is 67.0 Å². The van der Waals surface area contributed by atoms with Crippen molar-refractivity contribution in [3.63, 3.8) is 0 Å². The maximum Gasteiger partial charge on any atom is 0.309 e. The summed E-state index contributed by atoms with van der Waals surface area (Å²) < 4.78 is 5.02. The average molecular weight is 344 g/mol. The number of ether oxygens (including phenoxy) is 1. The summed E-state index contributed by atoms with van der Waals surface area (Å²) >= 11 is 0. The maximum atomic E-state index is 12.2. The minimum absolute atomic E-state index is 0.121. The lowest BCUT2D eigenvalue weighted by Crippen LogP contribution is -2.05. The van der Waals surface area contributed by atoms with Gasteiger partial charge in [0.05, 0.1) is 13.0 Å². The Kier molecular flexibility index (Phi) is 4.25. The summed E-state index contributed by atoms with van der Waals surface area (Å²) in [5, 5.41) is 0. The van der Waals surface area contributed by atoms with Gasteiger partial charge in [-0.05, 0) is 23.6 Å². The van der Waals surface area contributed by atoms with E-state index in [9.17, 15) is 4.79 Å². The molecule has 3 atom stereocenters. The molecule has 0 radical (unpaired) electrons. The zero-order valence-corrected chi connectivity index (χ0v) is 14.8. The maximum absolute atomic E-state index is 12.2. The molecule has 1 aliphatic rings. The minimum Gasteiger partial charge on any atom is -0.469 e. The Bertz CT molecular complexity index is 905. The Labute approximate surface area is 152 Å². The first kappa shape index (κ1) is 16.5. The lowest BCUT2D eigenvalue weighted by Gasteiger charge is -2.04. The monoisotopic (exact) mass is 344 g/mol. The molecule has 0 spiro atoms. The molecule has 4 nitrogen and oxygen atoms in total. The van der Waals surface area contributed by atoms with Crippen LogP contribution in [0, 0.1) is 12.8 Å². The molecule has 26 heavy (non-hydrogen) atoms. The quantitative estimate of drug-likeness (QED) is 0.668. The summed E-state index contributed by atoms with van der Waals surface area (Å²) in [6.45, 7) is 1.97. The normalized spacial score (nSPS) is 21.2. The minimum atomic E-state index is -0.144. The van der Waals surface area contributed by atoms with E-state index in [4.69, 9.17) is 4.74 Å². The van der Waals surface area contributed by atoms with Gasteiger partial charge in [0.15, 0.2) is 5.82 Å². The molecule has 4 heteroatoms. The van der Waals surface area contributed by atoms with Crippen LogP contribution >= 0.6 is 0 Å². The lowest BCUT2D eigenvalue weighted by molar-refractivity contribution is -0.142. The summed E-state index contributed by atoms with van der Waals surface area (Å²) in [5.74, 6) is 0.767. The Morgan fingerprint density at radius 1 is 0.885 bits per heavy atom. The number of rotatable bonds is 4. The molecular formula is C22H20N2O2. The predicted molar refractivity (Wildman–Crippen MR) is 99.6 cm³/mol. The summed E-state index contributed by atoms with van der Waals surface area (Å²) in [7, 11) is 1.46. The summed E-state index contributed by atoms with van der Waals surface area (Å²) in [5.41, 5.74) is 4.33. The molecule has 4 rings (SSSR count). The average Bonchev–Trinajstić information content (AvgIpc) is 3.44. The third-order valence-corrected chi connectivity index (χ3v) is 5.01. The molecule has 0 amide bonds. The number of hydrogen-bond acceptors (Lipinski definition) is 4. The highest BCUT2D eigenvalue weighted by Gasteiger charge is 2.56. The third kappa shape index (κ3) is 2.99. The highest BCUT2D eigenvalue weighted by molar-refractivity contribution is 5.80. The molecule has 0 bridgehead atoms. The Morgan fingerprint density at radius 2 is 1.46 bits per heavy atom. The molecule has 3 aromatic rings. The predicted octanol–water partition coefficient (Wildman–Crippen LogP) is 4.12. The smallest absolute Gasteiger partial charge is 0.309 e. The van der Waals surface area contributed by atoms with Crippen LogP contribution < -0.4 is 0 Å². The third-order valence-electron chi connectivity index (χ3n) is 5.01. The molecular weight excluding hydrogens is 324 g/mol. The van der Waals surface area contributed by atoms with Gasteiger partial charge in [-0.3, -0.25) is 4.79 Å². The van der Waals surface area contributed by atoms with E-state index in [1.807, 2.05) is 49.6 Å². The molecule has 0 aliphatic heterocycles. The van der Waals surface area contributed by atoms with Gasteiger partial charge in [0.2, 0.25) is 0 Å². The summed E-state index contributed by atoms with van der Waals surface area (Å²) in [6.07, 6.45) is 3.63. The molecule has 1 fully saturated rings. The van der Waals surface area contributed by atoms with Crippen molar-refractivity contribution in [2.24, 2.45) is 5.92 Å². The molecule has 0 N–H and O–H groups in total. The van der Waals surface area contributed by atoms with Crippen molar-refractivity contribution < 1.29 is 9.53 Å². The fraction of sp³-hybridized carbons (Fsp3) is 0.227. The fourth-order valence-corrected chi connectivity index (χ4v) is 3.64. The van der Waals surface area contributed by atoms with E-state index in [1.54, 1.807) is 0 Å². The molecule has 0 saturated heterocycles. The van der Waals surface area contributed by atoms with E-state index in [2.05, 4.69) is 34.2 Å². The molecule has 1 heterocycles. The van der Waals surface area contributed by atoms with E-state index in [-0.39, 0.29) is 23.7 Å². The van der Waals surface area contributed by atoms with Crippen LogP contribution in [-0.4, -0.2) is 23.0 Å². The van der Waals surface area contributed by atoms with Crippen LogP contribution in [-0.2, 0) is 9.53 Å². The number of methoxy groups -OCH3 is 1. The fourth-order valence-electron chi connectivity index (χ4n) is 3.64. The molecule has 3 unspecified atom stereocenters. The second-order valence-electron chi connectivity index (χ2n) is 6.72. The Hall–Kier alpha value is -3.01. The highest BCUT2D eigenvalue weighted by Crippen LogP contribution is 2.60. The van der Waals surface area contributed by atoms with Gasteiger partial charge >= 0.3 is 5.97 Å². The molecule has 1 aliphatic carbocycles. The van der Waals surface area contributed by atoms with E-state index < -0.39 is 0 Å². The number of aromatic nitrogens is 2. The van der Waals surface area contributed by atoms with Crippen molar-refractivity contribution in [1.29, 1.82) is 0 Å². The van der Waals surface area contributed by atoms with E-state index >= 15 is 0 Å². The van der Waals surface area contributed by atoms with Crippen LogP contribution in [0.1, 0.15) is 28.5 Å². The van der Waals surface area contributed by atoms with E-state index in [1.165, 1.54) is 12.7 Å². The topological polar surface area (TPSA) is 52.1 Å². The number of carbonyl (C=O) groups is 1. The zero-order valence-electron chi connectivity index (χ0n) is 14.8. The van der Waals surface area contributed by atoms with Crippen molar-refractivity contribution in [2.75, 3.05) is 7.11 Å². The Morgan fingerprint density at radius 3 is 2.04 bits per heavy atom. The van der Waals surface area contributed by atoms with Gasteiger partial charge in [-0.2, -0.15) is 0 Å². The number of hydrogen-bond donors (Lipinski definition) is 0. The summed E-state index contributed by atoms with van der Waals surface area (Å²) in [6, 6.07) is 18.4. The van der Waals surface area contributed by atoms with Gasteiger partial charge in [-0.25, -0.2) is 9.97 Å². The number of nitrogens with zero attached hydrogens (tertiary/aromatic N) is 2. The van der Waals surface area contributed by atoms with Gasteiger partial charge in [-0.15, -0.1) is 0 Å². The largest absolute Gasteiger partial charge is 0.469 e. The van der Waals surface area contributed by atoms with Crippen molar-refractivity contribution >= 4 is 5.97 Å². The van der Waals surface area contributed by atoms with Crippen LogP contribution in [0.25, 0.3) is 11.4 Å². The summed E-state index contributed by atoms with van der Waals surface area (Å²) in [4.78, 5) is 21.0. The van der Waals surface area contributed by atoms with Crippen LogP contribution in [0.5, 0.6) is 0 Å². The van der Waals surface area contributed by atoms with Crippen LogP contribution in [0.2, 0.25) is 0 Å². The van der Waals surface area contributed by atoms with Gasteiger partial charge in [0.25, 0.3) is 0 Å². The molecule has 1 saturated carbocycles. The van der Waals surface area contributed by atoms with Gasteiger partial charge in [0.1, 0.15) is 0 Å². The molecule has 130 valence electrons. The van der Waals surface area contributed by atoms with Crippen molar-refractivity contribution in [3.05, 3.63) is 83.7 Å². The number of benzene rings is 2. The zero-order chi connectivity index (χ0) is 18.1. The van der Waals surface area contributed by atoms with Crippen LogP contribution in [0.4, 0.5) is 0 Å². The van der Waals surface area contributed by atoms with Gasteiger partial charge in [0, 0.05) is 29.8 Å². The van der Waals surface area contributed by atoms with E-state index in [0.717, 1.165) is 16.7 Å². The Balaban J connectivity index is 1.61. The van der Waals surface area contributed by atoms with Crippen molar-refractivity contribution in [3.8, 4) is 11.4 Å². The highest BCUT2D eigenvalue weighted by atomic mass is 16.5. The first-order chi connectivity index (χ1) is 12.7. The van der Waals surface area contributed by atoms with E-state index in [0.29, 0.717) is 5.82 Å². The van der Waals surface area contributed by atoms with Gasteiger partial charge < -0.3 is 4.74 Å². The first-order valence-electron chi connectivity index (χ1n) is 8.71. The number of carbonyl (C=O) groups excluding carboxylic acids is 1. The van der Waals surface area contributed by atoms with Gasteiger partial charge in [-0.1, -0.05) is 54.6 Å². The van der Waals surface area contributed by atoms with Crippen molar-refractivity contribution in [2.45, 2.75) is 18.8 Å². The second kappa shape index (κ2) is 6.71. The number of esters is 1. The second-order valence-corrected chi connectivity index (χ2v) is 6.72. The molecule has 2 aromatic carbocycles. The molecule has 1 aromatic heterocycles. The van der Waals surface area contributed by atoms with Crippen LogP contribution in [0.3, 0.4) is 0 Å².